The van der Waals surface area contributed by atoms with Crippen LogP contribution in [0.1, 0.15) is 18.9 Å². The Labute approximate surface area is 109 Å². The Bertz CT molecular complexity index is 352. The van der Waals surface area contributed by atoms with Crippen molar-refractivity contribution in [3.63, 3.8) is 0 Å². The normalized spacial score (nSPS) is 10.5. The van der Waals surface area contributed by atoms with Gasteiger partial charge in [-0.2, -0.15) is 0 Å². The summed E-state index contributed by atoms with van der Waals surface area (Å²) in [7, 11) is 0. The molecule has 0 aromatic heterocycles. The molecule has 0 bridgehead atoms. The number of hydrogen-bond donors (Lipinski definition) is 1. The van der Waals surface area contributed by atoms with E-state index in [4.69, 9.17) is 16.3 Å². The maximum Gasteiger partial charge on any atom is 0.0721 e. The van der Waals surface area contributed by atoms with E-state index in [-0.39, 0.29) is 0 Å². The van der Waals surface area contributed by atoms with Crippen LogP contribution in [0.15, 0.2) is 36.4 Å². The molecule has 0 saturated carbocycles. The van der Waals surface area contributed by atoms with Crippen molar-refractivity contribution in [2.24, 2.45) is 0 Å². The molecule has 0 atom stereocenters. The zero-order valence-corrected chi connectivity index (χ0v) is 11.1. The van der Waals surface area contributed by atoms with Crippen molar-refractivity contribution < 1.29 is 4.74 Å². The molecular formula is C14H20ClNO. The quantitative estimate of drug-likeness (QED) is 0.566. The third-order valence-corrected chi connectivity index (χ3v) is 2.50. The highest BCUT2D eigenvalue weighted by atomic mass is 35.5. The summed E-state index contributed by atoms with van der Waals surface area (Å²) in [6, 6.07) is 7.71. The van der Waals surface area contributed by atoms with Gasteiger partial charge in [-0.15, -0.1) is 0 Å². The minimum absolute atomic E-state index is 0.577. The molecule has 0 aliphatic rings. The van der Waals surface area contributed by atoms with Gasteiger partial charge in [0.15, 0.2) is 0 Å². The number of ether oxygens (including phenoxy) is 1. The number of benzene rings is 1. The Morgan fingerprint density at radius 3 is 3.00 bits per heavy atom. The molecule has 0 unspecified atom stereocenters. The van der Waals surface area contributed by atoms with Crippen LogP contribution in [0.2, 0.25) is 5.02 Å². The Kier molecular flexibility index (Phi) is 6.94. The summed E-state index contributed by atoms with van der Waals surface area (Å²) in [6.45, 7) is 9.11. The fourth-order valence-corrected chi connectivity index (χ4v) is 1.65. The molecule has 0 amide bonds. The van der Waals surface area contributed by atoms with E-state index in [2.05, 4.69) is 18.8 Å². The summed E-state index contributed by atoms with van der Waals surface area (Å²) in [4.78, 5) is 0. The fourth-order valence-electron chi connectivity index (χ4n) is 1.43. The molecule has 2 nitrogen and oxygen atoms in total. The molecule has 0 saturated heterocycles. The van der Waals surface area contributed by atoms with E-state index in [0.29, 0.717) is 13.2 Å². The molecule has 0 spiro atoms. The van der Waals surface area contributed by atoms with Crippen LogP contribution in [0.25, 0.3) is 0 Å². The number of nitrogens with one attached hydrogen (secondary N) is 1. The van der Waals surface area contributed by atoms with E-state index >= 15 is 0 Å². The Morgan fingerprint density at radius 1 is 1.47 bits per heavy atom. The van der Waals surface area contributed by atoms with Crippen LogP contribution < -0.4 is 5.32 Å². The standard InChI is InChI=1S/C14H20ClNO/c1-3-7-16-9-12(2)10-17-11-13-5-4-6-14(15)8-13/h4-6,8,16H,2-3,7,9-11H2,1H3. The summed E-state index contributed by atoms with van der Waals surface area (Å²) in [6.07, 6.45) is 1.14. The highest BCUT2D eigenvalue weighted by molar-refractivity contribution is 6.30. The van der Waals surface area contributed by atoms with Crippen molar-refractivity contribution in [3.05, 3.63) is 47.0 Å². The topological polar surface area (TPSA) is 21.3 Å². The highest BCUT2D eigenvalue weighted by Crippen LogP contribution is 2.11. The van der Waals surface area contributed by atoms with E-state index in [9.17, 15) is 0 Å². The van der Waals surface area contributed by atoms with Crippen LogP contribution in [-0.2, 0) is 11.3 Å². The van der Waals surface area contributed by atoms with Gasteiger partial charge >= 0.3 is 0 Å². The first kappa shape index (κ1) is 14.2. The summed E-state index contributed by atoms with van der Waals surface area (Å²) < 4.78 is 5.57. The van der Waals surface area contributed by atoms with Gasteiger partial charge in [0, 0.05) is 11.6 Å². The van der Waals surface area contributed by atoms with Gasteiger partial charge in [0.1, 0.15) is 0 Å². The minimum Gasteiger partial charge on any atom is -0.372 e. The first-order chi connectivity index (χ1) is 8.22. The lowest BCUT2D eigenvalue weighted by atomic mass is 10.2. The molecule has 0 aliphatic carbocycles. The Balaban J connectivity index is 2.17. The van der Waals surface area contributed by atoms with Gasteiger partial charge in [-0.05, 0) is 36.2 Å². The lowest BCUT2D eigenvalue weighted by Gasteiger charge is -2.08. The number of hydrogen-bond acceptors (Lipinski definition) is 2. The second-order valence-electron chi connectivity index (χ2n) is 4.05. The third kappa shape index (κ3) is 6.47. The van der Waals surface area contributed by atoms with E-state index in [1.807, 2.05) is 24.3 Å². The van der Waals surface area contributed by atoms with E-state index in [1.165, 1.54) is 0 Å². The van der Waals surface area contributed by atoms with Gasteiger partial charge in [0.05, 0.1) is 13.2 Å². The Hall–Kier alpha value is -0.830. The zero-order chi connectivity index (χ0) is 12.5. The molecule has 0 fully saturated rings. The van der Waals surface area contributed by atoms with E-state index in [1.54, 1.807) is 0 Å². The first-order valence-electron chi connectivity index (χ1n) is 5.92. The van der Waals surface area contributed by atoms with Gasteiger partial charge in [0.2, 0.25) is 0 Å². The Morgan fingerprint density at radius 2 is 2.29 bits per heavy atom. The van der Waals surface area contributed by atoms with Crippen molar-refractivity contribution in [2.75, 3.05) is 19.7 Å². The van der Waals surface area contributed by atoms with Crippen LogP contribution in [0.5, 0.6) is 0 Å². The maximum absolute atomic E-state index is 5.89. The molecule has 1 aromatic rings. The zero-order valence-electron chi connectivity index (χ0n) is 10.3. The average Bonchev–Trinajstić information content (AvgIpc) is 2.29. The second kappa shape index (κ2) is 8.29. The average molecular weight is 254 g/mol. The van der Waals surface area contributed by atoms with Crippen LogP contribution in [0, 0.1) is 0 Å². The van der Waals surface area contributed by atoms with Crippen LogP contribution >= 0.6 is 11.6 Å². The molecule has 3 heteroatoms. The fraction of sp³-hybridized carbons (Fsp3) is 0.429. The summed E-state index contributed by atoms with van der Waals surface area (Å²) in [5.74, 6) is 0. The number of rotatable bonds is 8. The smallest absolute Gasteiger partial charge is 0.0721 e. The first-order valence-corrected chi connectivity index (χ1v) is 6.29. The lowest BCUT2D eigenvalue weighted by Crippen LogP contribution is -2.19. The van der Waals surface area contributed by atoms with Crippen molar-refractivity contribution >= 4 is 11.6 Å². The second-order valence-corrected chi connectivity index (χ2v) is 4.49. The van der Waals surface area contributed by atoms with Gasteiger partial charge in [0.25, 0.3) is 0 Å². The molecule has 0 aliphatic heterocycles. The molecule has 0 radical (unpaired) electrons. The van der Waals surface area contributed by atoms with Crippen molar-refractivity contribution in [2.45, 2.75) is 20.0 Å². The van der Waals surface area contributed by atoms with Gasteiger partial charge in [-0.1, -0.05) is 37.2 Å². The van der Waals surface area contributed by atoms with Gasteiger partial charge in [-0.25, -0.2) is 0 Å². The van der Waals surface area contributed by atoms with Crippen LogP contribution in [0.3, 0.4) is 0 Å². The SMILES string of the molecule is C=C(CNCCC)COCc1cccc(Cl)c1. The lowest BCUT2D eigenvalue weighted by molar-refractivity contribution is 0.141. The molecule has 17 heavy (non-hydrogen) atoms. The summed E-state index contributed by atoms with van der Waals surface area (Å²) in [5, 5.41) is 4.04. The van der Waals surface area contributed by atoms with Crippen LogP contribution in [0.4, 0.5) is 0 Å². The van der Waals surface area contributed by atoms with Gasteiger partial charge < -0.3 is 10.1 Å². The van der Waals surface area contributed by atoms with Crippen molar-refractivity contribution in [1.82, 2.24) is 5.32 Å². The van der Waals surface area contributed by atoms with Crippen molar-refractivity contribution in [3.8, 4) is 0 Å². The van der Waals surface area contributed by atoms with E-state index < -0.39 is 0 Å². The largest absolute Gasteiger partial charge is 0.372 e. The third-order valence-electron chi connectivity index (χ3n) is 2.27. The minimum atomic E-state index is 0.577. The van der Waals surface area contributed by atoms with Crippen LogP contribution in [-0.4, -0.2) is 19.7 Å². The molecule has 94 valence electrons. The van der Waals surface area contributed by atoms with E-state index in [0.717, 1.165) is 35.7 Å². The molecular weight excluding hydrogens is 234 g/mol. The monoisotopic (exact) mass is 253 g/mol. The van der Waals surface area contributed by atoms with Crippen molar-refractivity contribution in [1.29, 1.82) is 0 Å². The molecule has 0 heterocycles. The summed E-state index contributed by atoms with van der Waals surface area (Å²) >= 11 is 5.89. The summed E-state index contributed by atoms with van der Waals surface area (Å²) in [5.41, 5.74) is 2.16. The molecule has 1 N–H and O–H groups in total. The number of halogens is 1. The molecule has 1 rings (SSSR count). The van der Waals surface area contributed by atoms with Gasteiger partial charge in [-0.3, -0.25) is 0 Å². The molecule has 1 aromatic carbocycles. The predicted octanol–water partition coefficient (Wildman–Crippen LogP) is 3.41. The predicted molar refractivity (Wildman–Crippen MR) is 73.4 cm³/mol. The highest BCUT2D eigenvalue weighted by Gasteiger charge is 1.97. The maximum atomic E-state index is 5.89.